The van der Waals surface area contributed by atoms with Gasteiger partial charge in [0.25, 0.3) is 0 Å². The molecule has 3 aromatic heterocycles. The van der Waals surface area contributed by atoms with E-state index in [0.717, 1.165) is 35.3 Å². The van der Waals surface area contributed by atoms with Gasteiger partial charge in [0.05, 0.1) is 28.7 Å². The highest BCUT2D eigenvalue weighted by Gasteiger charge is 2.32. The lowest BCUT2D eigenvalue weighted by atomic mass is 9.96. The number of carbonyl (C=O) groups is 2. The second-order valence-corrected chi connectivity index (χ2v) is 8.55. The van der Waals surface area contributed by atoms with E-state index in [4.69, 9.17) is 4.11 Å². The number of rotatable bonds is 6. The molecule has 1 saturated carbocycles. The number of nitrogens with one attached hydrogen (secondary N) is 2. The first kappa shape index (κ1) is 17.8. The third-order valence-electron chi connectivity index (χ3n) is 6.24. The first-order valence-corrected chi connectivity index (χ1v) is 10.9. The molecule has 1 amide bonds. The molecule has 1 aliphatic carbocycles. The summed E-state index contributed by atoms with van der Waals surface area (Å²) in [6.45, 7) is -0.355. The number of anilines is 4. The summed E-state index contributed by atoms with van der Waals surface area (Å²) in [5.41, 5.74) is 4.06. The minimum atomic E-state index is -2.43. The van der Waals surface area contributed by atoms with Crippen LogP contribution in [-0.2, 0) is 11.8 Å². The molecule has 1 aliphatic heterocycles. The fourth-order valence-electron chi connectivity index (χ4n) is 4.16. The van der Waals surface area contributed by atoms with Crippen LogP contribution in [0, 0.1) is 5.92 Å². The summed E-state index contributed by atoms with van der Waals surface area (Å²) in [6.07, 6.45) is 6.00. The van der Waals surface area contributed by atoms with Crippen LogP contribution in [0.5, 0.6) is 0 Å². The standard InChI is InChI=1S/C24H27N7O2/c1-5-19(32)16-11-26-20(28-24(33)14-6-7-14)10-18(16)27-23-22-15(8-9-25-23)21-17(12-30(3)29-21)13(2)31(22)4/h8-14H,5-7H2,1-4H3,(H2,25,26,27,28,33)/t13-/m1/s1/i1D3. The number of nitrogens with zero attached hydrogens (tertiary/aromatic N) is 5. The van der Waals surface area contributed by atoms with Crippen LogP contribution in [0.3, 0.4) is 0 Å². The second-order valence-electron chi connectivity index (χ2n) is 8.55. The van der Waals surface area contributed by atoms with Crippen molar-refractivity contribution in [3.63, 3.8) is 0 Å². The van der Waals surface area contributed by atoms with E-state index in [9.17, 15) is 9.59 Å². The normalized spacial score (nSPS) is 18.5. The van der Waals surface area contributed by atoms with Gasteiger partial charge in [-0.1, -0.05) is 6.85 Å². The van der Waals surface area contributed by atoms with Gasteiger partial charge in [-0.2, -0.15) is 5.10 Å². The quantitative estimate of drug-likeness (QED) is 0.548. The van der Waals surface area contributed by atoms with Gasteiger partial charge in [0.15, 0.2) is 11.6 Å². The summed E-state index contributed by atoms with van der Waals surface area (Å²) in [7, 11) is 3.84. The Morgan fingerprint density at radius 3 is 2.85 bits per heavy atom. The van der Waals surface area contributed by atoms with E-state index in [0.29, 0.717) is 11.5 Å². The summed E-state index contributed by atoms with van der Waals surface area (Å²) in [5.74, 6) is 0.0285. The predicted octanol–water partition coefficient (Wildman–Crippen LogP) is 4.07. The Kier molecular flexibility index (Phi) is 4.30. The highest BCUT2D eigenvalue weighted by Crippen LogP contribution is 2.46. The minimum absolute atomic E-state index is 0.0217. The molecule has 0 bridgehead atoms. The SMILES string of the molecule is [2H]C([2H])([2H])CC(=O)c1cnc(NC(=O)C2CC2)cc1Nc1nccc2c1N(C)[C@H](C)c1cn(C)nc1-2. The number of Topliss-reactive ketones (excluding diaryl/α,β-unsaturated/α-hetero) is 1. The molecule has 2 aliphatic rings. The molecule has 2 N–H and O–H groups in total. The molecule has 0 saturated heterocycles. The van der Waals surface area contributed by atoms with E-state index in [-0.39, 0.29) is 29.2 Å². The average Bonchev–Trinajstić information content (AvgIpc) is 3.58. The van der Waals surface area contributed by atoms with Crippen molar-refractivity contribution in [2.45, 2.75) is 39.1 Å². The van der Waals surface area contributed by atoms with Crippen molar-refractivity contribution >= 4 is 34.7 Å². The van der Waals surface area contributed by atoms with Crippen molar-refractivity contribution < 1.29 is 13.7 Å². The van der Waals surface area contributed by atoms with Crippen molar-refractivity contribution in [1.82, 2.24) is 19.7 Å². The van der Waals surface area contributed by atoms with E-state index in [2.05, 4.69) is 37.5 Å². The van der Waals surface area contributed by atoms with Gasteiger partial charge in [0, 0.05) is 66.3 Å². The van der Waals surface area contributed by atoms with E-state index in [1.165, 1.54) is 6.20 Å². The van der Waals surface area contributed by atoms with E-state index in [1.807, 2.05) is 26.4 Å². The highest BCUT2D eigenvalue weighted by molar-refractivity contribution is 6.03. The van der Waals surface area contributed by atoms with Crippen LogP contribution in [0.25, 0.3) is 11.3 Å². The van der Waals surface area contributed by atoms with Crippen LogP contribution < -0.4 is 15.5 Å². The molecular formula is C24H27N7O2. The molecular weight excluding hydrogens is 418 g/mol. The van der Waals surface area contributed by atoms with E-state index >= 15 is 0 Å². The van der Waals surface area contributed by atoms with Gasteiger partial charge in [-0.05, 0) is 25.8 Å². The summed E-state index contributed by atoms with van der Waals surface area (Å²) in [5, 5.41) is 10.7. The number of fused-ring (bicyclic) bond motifs is 3. The van der Waals surface area contributed by atoms with Crippen molar-refractivity contribution in [2.75, 3.05) is 22.6 Å². The smallest absolute Gasteiger partial charge is 0.228 e. The highest BCUT2D eigenvalue weighted by atomic mass is 16.2. The molecule has 0 aromatic carbocycles. The summed E-state index contributed by atoms with van der Waals surface area (Å²) in [4.78, 5) is 36.0. The van der Waals surface area contributed by atoms with Crippen LogP contribution in [0.2, 0.25) is 0 Å². The van der Waals surface area contributed by atoms with Crippen molar-refractivity contribution in [3.8, 4) is 11.3 Å². The van der Waals surface area contributed by atoms with E-state index in [1.54, 1.807) is 16.9 Å². The zero-order valence-corrected chi connectivity index (χ0v) is 18.7. The number of carbonyl (C=O) groups excluding carboxylic acids is 2. The number of aromatic nitrogens is 4. The molecule has 9 nitrogen and oxygen atoms in total. The number of pyridine rings is 2. The fraction of sp³-hybridized carbons (Fsp3) is 0.375. The Hall–Kier alpha value is -3.75. The number of ketones is 1. The zero-order valence-electron chi connectivity index (χ0n) is 21.7. The summed E-state index contributed by atoms with van der Waals surface area (Å²) in [6, 6.07) is 3.46. The minimum Gasteiger partial charge on any atom is -0.364 e. The van der Waals surface area contributed by atoms with Crippen molar-refractivity contribution in [1.29, 1.82) is 0 Å². The van der Waals surface area contributed by atoms with Crippen molar-refractivity contribution in [3.05, 3.63) is 41.9 Å². The summed E-state index contributed by atoms with van der Waals surface area (Å²) >= 11 is 0. The topological polar surface area (TPSA) is 105 Å². The van der Waals surface area contributed by atoms with E-state index < -0.39 is 19.1 Å². The summed E-state index contributed by atoms with van der Waals surface area (Å²) < 4.78 is 24.3. The zero-order chi connectivity index (χ0) is 25.8. The molecule has 5 rings (SSSR count). The molecule has 9 heteroatoms. The largest absolute Gasteiger partial charge is 0.364 e. The Morgan fingerprint density at radius 2 is 2.09 bits per heavy atom. The van der Waals surface area contributed by atoms with Crippen LogP contribution in [0.1, 0.15) is 59.1 Å². The molecule has 1 atom stereocenters. The fourth-order valence-corrected chi connectivity index (χ4v) is 4.16. The molecule has 4 heterocycles. The lowest BCUT2D eigenvalue weighted by molar-refractivity contribution is -0.117. The van der Waals surface area contributed by atoms with Crippen LogP contribution >= 0.6 is 0 Å². The van der Waals surface area contributed by atoms with Gasteiger partial charge in [0.1, 0.15) is 5.82 Å². The van der Waals surface area contributed by atoms with Crippen LogP contribution in [0.15, 0.2) is 30.7 Å². The number of aryl methyl sites for hydroxylation is 1. The van der Waals surface area contributed by atoms with Gasteiger partial charge in [0.2, 0.25) is 5.91 Å². The van der Waals surface area contributed by atoms with Gasteiger partial charge in [-0.15, -0.1) is 0 Å². The Labute approximate surface area is 196 Å². The number of hydrogen-bond acceptors (Lipinski definition) is 7. The van der Waals surface area contributed by atoms with Crippen molar-refractivity contribution in [2.24, 2.45) is 13.0 Å². The first-order valence-electron chi connectivity index (χ1n) is 12.4. The molecule has 0 spiro atoms. The van der Waals surface area contributed by atoms with Gasteiger partial charge < -0.3 is 15.5 Å². The Balaban J connectivity index is 1.56. The molecule has 170 valence electrons. The third-order valence-corrected chi connectivity index (χ3v) is 6.24. The van der Waals surface area contributed by atoms with Gasteiger partial charge in [-0.3, -0.25) is 14.3 Å². The van der Waals surface area contributed by atoms with Gasteiger partial charge in [-0.25, -0.2) is 9.97 Å². The molecule has 0 radical (unpaired) electrons. The molecule has 3 aromatic rings. The average molecular weight is 449 g/mol. The third kappa shape index (κ3) is 3.73. The number of amides is 1. The van der Waals surface area contributed by atoms with Gasteiger partial charge >= 0.3 is 0 Å². The molecule has 33 heavy (non-hydrogen) atoms. The molecule has 0 unspecified atom stereocenters. The maximum absolute atomic E-state index is 12.9. The lowest BCUT2D eigenvalue weighted by Crippen LogP contribution is -2.27. The maximum Gasteiger partial charge on any atom is 0.228 e. The molecule has 1 fully saturated rings. The predicted molar refractivity (Wildman–Crippen MR) is 127 cm³/mol. The van der Waals surface area contributed by atoms with Crippen LogP contribution in [0.4, 0.5) is 23.0 Å². The second kappa shape index (κ2) is 7.99. The Morgan fingerprint density at radius 1 is 1.27 bits per heavy atom. The Bertz CT molecular complexity index is 1360. The first-order chi connectivity index (χ1) is 17.0. The van der Waals surface area contributed by atoms with Crippen LogP contribution in [-0.4, -0.2) is 38.5 Å². The maximum atomic E-state index is 12.9. The monoisotopic (exact) mass is 448 g/mol. The number of hydrogen-bond donors (Lipinski definition) is 2. The lowest BCUT2D eigenvalue weighted by Gasteiger charge is -2.34.